The number of hydrogen-bond donors (Lipinski definition) is 1. The first-order valence-electron chi connectivity index (χ1n) is 5.05. The predicted octanol–water partition coefficient (Wildman–Crippen LogP) is 2.75. The molecule has 0 aliphatic rings. The molecular weight excluding hydrogens is 304 g/mol. The second-order valence-electron chi connectivity index (χ2n) is 3.72. The van der Waals surface area contributed by atoms with Crippen molar-refractivity contribution in [1.82, 2.24) is 9.55 Å². The first-order chi connectivity index (χ1) is 9.21. The standard InChI is InChI=1S/C11H5ClF4N2O2/c12-8-9(11(14,15)16)17-4-18(10(8)20)7-2-1-5(19)3-6(7)13/h1-4,19H. The van der Waals surface area contributed by atoms with E-state index < -0.39 is 34.0 Å². The maximum absolute atomic E-state index is 13.6. The third-order valence-electron chi connectivity index (χ3n) is 2.38. The van der Waals surface area contributed by atoms with Gasteiger partial charge in [0.15, 0.2) is 11.5 Å². The van der Waals surface area contributed by atoms with Crippen molar-refractivity contribution in [2.45, 2.75) is 6.18 Å². The molecule has 0 fully saturated rings. The van der Waals surface area contributed by atoms with Crippen molar-refractivity contribution < 1.29 is 22.7 Å². The average molecular weight is 309 g/mol. The Morgan fingerprint density at radius 1 is 1.30 bits per heavy atom. The van der Waals surface area contributed by atoms with Crippen molar-refractivity contribution in [1.29, 1.82) is 0 Å². The van der Waals surface area contributed by atoms with E-state index in [1.165, 1.54) is 0 Å². The van der Waals surface area contributed by atoms with Crippen LogP contribution in [0.5, 0.6) is 5.75 Å². The minimum absolute atomic E-state index is 0.379. The predicted molar refractivity (Wildman–Crippen MR) is 61.5 cm³/mol. The zero-order valence-electron chi connectivity index (χ0n) is 9.45. The van der Waals surface area contributed by atoms with Crippen LogP contribution in [0, 0.1) is 5.82 Å². The molecule has 0 bridgehead atoms. The minimum Gasteiger partial charge on any atom is -0.508 e. The summed E-state index contributed by atoms with van der Waals surface area (Å²) in [6.07, 6.45) is -4.37. The number of phenolic OH excluding ortho intramolecular Hbond substituents is 1. The van der Waals surface area contributed by atoms with Crippen molar-refractivity contribution in [3.63, 3.8) is 0 Å². The molecule has 2 rings (SSSR count). The van der Waals surface area contributed by atoms with Gasteiger partial charge in [0.2, 0.25) is 0 Å². The molecule has 20 heavy (non-hydrogen) atoms. The molecule has 1 aromatic heterocycles. The lowest BCUT2D eigenvalue weighted by molar-refractivity contribution is -0.141. The van der Waals surface area contributed by atoms with Gasteiger partial charge in [0.25, 0.3) is 5.56 Å². The quantitative estimate of drug-likeness (QED) is 0.824. The monoisotopic (exact) mass is 308 g/mol. The van der Waals surface area contributed by atoms with E-state index in [2.05, 4.69) is 4.98 Å². The van der Waals surface area contributed by atoms with Crippen molar-refractivity contribution in [2.75, 3.05) is 0 Å². The smallest absolute Gasteiger partial charge is 0.435 e. The highest BCUT2D eigenvalue weighted by molar-refractivity contribution is 6.31. The molecule has 9 heteroatoms. The van der Waals surface area contributed by atoms with E-state index in [1.807, 2.05) is 0 Å². The van der Waals surface area contributed by atoms with Gasteiger partial charge in [0, 0.05) is 6.07 Å². The summed E-state index contributed by atoms with van der Waals surface area (Å²) in [6.45, 7) is 0. The Kier molecular flexibility index (Phi) is 3.43. The van der Waals surface area contributed by atoms with Gasteiger partial charge < -0.3 is 5.11 Å². The van der Waals surface area contributed by atoms with Gasteiger partial charge in [-0.25, -0.2) is 9.37 Å². The highest BCUT2D eigenvalue weighted by atomic mass is 35.5. The van der Waals surface area contributed by atoms with Gasteiger partial charge in [0.05, 0.1) is 5.69 Å². The minimum atomic E-state index is -4.89. The molecule has 0 amide bonds. The molecule has 1 heterocycles. The van der Waals surface area contributed by atoms with E-state index in [0.717, 1.165) is 12.1 Å². The number of rotatable bonds is 1. The van der Waals surface area contributed by atoms with Crippen LogP contribution in [0.3, 0.4) is 0 Å². The zero-order valence-corrected chi connectivity index (χ0v) is 10.2. The van der Waals surface area contributed by atoms with Gasteiger partial charge >= 0.3 is 6.18 Å². The van der Waals surface area contributed by atoms with Crippen LogP contribution >= 0.6 is 11.6 Å². The molecule has 0 aliphatic heterocycles. The van der Waals surface area contributed by atoms with Crippen LogP contribution in [0.4, 0.5) is 17.6 Å². The molecule has 0 aliphatic carbocycles. The van der Waals surface area contributed by atoms with E-state index in [4.69, 9.17) is 16.7 Å². The fourth-order valence-electron chi connectivity index (χ4n) is 1.49. The number of aromatic nitrogens is 2. The first kappa shape index (κ1) is 14.3. The summed E-state index contributed by atoms with van der Waals surface area (Å²) in [5.41, 5.74) is -3.19. The van der Waals surface area contributed by atoms with E-state index in [0.29, 0.717) is 17.0 Å². The Hall–Kier alpha value is -2.09. The normalized spacial score (nSPS) is 11.7. The van der Waals surface area contributed by atoms with Gasteiger partial charge in [-0.05, 0) is 12.1 Å². The van der Waals surface area contributed by atoms with Gasteiger partial charge in [-0.3, -0.25) is 9.36 Å². The Balaban J connectivity index is 2.66. The summed E-state index contributed by atoms with van der Waals surface area (Å²) in [5, 5.41) is 7.88. The van der Waals surface area contributed by atoms with Crippen molar-refractivity contribution in [3.05, 3.63) is 51.4 Å². The first-order valence-corrected chi connectivity index (χ1v) is 5.43. The molecule has 1 N–H and O–H groups in total. The lowest BCUT2D eigenvalue weighted by Crippen LogP contribution is -2.24. The van der Waals surface area contributed by atoms with Crippen LogP contribution in [-0.4, -0.2) is 14.7 Å². The van der Waals surface area contributed by atoms with Crippen molar-refractivity contribution >= 4 is 11.6 Å². The Morgan fingerprint density at radius 3 is 2.50 bits per heavy atom. The second-order valence-corrected chi connectivity index (χ2v) is 4.09. The van der Waals surface area contributed by atoms with Gasteiger partial charge in [-0.2, -0.15) is 13.2 Å². The van der Waals surface area contributed by atoms with Crippen LogP contribution in [-0.2, 0) is 6.18 Å². The number of aromatic hydroxyl groups is 1. The van der Waals surface area contributed by atoms with Crippen molar-refractivity contribution in [3.8, 4) is 11.4 Å². The van der Waals surface area contributed by atoms with Gasteiger partial charge in [0.1, 0.15) is 17.1 Å². The van der Waals surface area contributed by atoms with Crippen LogP contribution in [0.15, 0.2) is 29.3 Å². The number of alkyl halides is 3. The summed E-state index contributed by atoms with van der Waals surface area (Å²) in [5.74, 6) is -1.41. The molecule has 0 unspecified atom stereocenters. The summed E-state index contributed by atoms with van der Waals surface area (Å²) in [4.78, 5) is 14.8. The summed E-state index contributed by atoms with van der Waals surface area (Å²) < 4.78 is 51.6. The van der Waals surface area contributed by atoms with Gasteiger partial charge in [-0.15, -0.1) is 0 Å². The molecule has 2 aromatic rings. The number of hydrogen-bond acceptors (Lipinski definition) is 3. The van der Waals surface area contributed by atoms with Crippen LogP contribution in [0.2, 0.25) is 5.02 Å². The molecule has 106 valence electrons. The van der Waals surface area contributed by atoms with Crippen LogP contribution in [0.1, 0.15) is 5.69 Å². The topological polar surface area (TPSA) is 55.1 Å². The van der Waals surface area contributed by atoms with Crippen molar-refractivity contribution in [2.24, 2.45) is 0 Å². The van der Waals surface area contributed by atoms with E-state index in [1.54, 1.807) is 0 Å². The van der Waals surface area contributed by atoms with E-state index in [-0.39, 0.29) is 5.69 Å². The summed E-state index contributed by atoms with van der Waals surface area (Å²) in [6, 6.07) is 2.78. The number of phenols is 1. The number of nitrogens with zero attached hydrogens (tertiary/aromatic N) is 2. The van der Waals surface area contributed by atoms with Gasteiger partial charge in [-0.1, -0.05) is 11.6 Å². The highest BCUT2D eigenvalue weighted by Gasteiger charge is 2.36. The molecule has 0 saturated carbocycles. The number of benzene rings is 1. The molecule has 0 spiro atoms. The summed E-state index contributed by atoms with van der Waals surface area (Å²) in [7, 11) is 0. The largest absolute Gasteiger partial charge is 0.508 e. The molecule has 0 atom stereocenters. The molecule has 4 nitrogen and oxygen atoms in total. The summed E-state index contributed by atoms with van der Waals surface area (Å²) >= 11 is 5.33. The third-order valence-corrected chi connectivity index (χ3v) is 2.72. The van der Waals surface area contributed by atoms with Crippen LogP contribution in [0.25, 0.3) is 5.69 Å². The van der Waals surface area contributed by atoms with Crippen LogP contribution < -0.4 is 5.56 Å². The fourth-order valence-corrected chi connectivity index (χ4v) is 1.74. The Morgan fingerprint density at radius 2 is 1.95 bits per heavy atom. The van der Waals surface area contributed by atoms with E-state index >= 15 is 0 Å². The average Bonchev–Trinajstić information content (AvgIpc) is 2.32. The maximum Gasteiger partial charge on any atom is 0.435 e. The Bertz CT molecular complexity index is 727. The third kappa shape index (κ3) is 2.46. The lowest BCUT2D eigenvalue weighted by atomic mass is 10.3. The zero-order chi connectivity index (χ0) is 15.1. The highest BCUT2D eigenvalue weighted by Crippen LogP contribution is 2.31. The maximum atomic E-state index is 13.6. The van der Waals surface area contributed by atoms with E-state index in [9.17, 15) is 22.4 Å². The second kappa shape index (κ2) is 4.78. The Labute approximate surface area is 113 Å². The molecule has 0 saturated heterocycles. The fraction of sp³-hybridized carbons (Fsp3) is 0.0909. The SMILES string of the molecule is O=c1c(Cl)c(C(F)(F)F)ncn1-c1ccc(O)cc1F. The molecular formula is C11H5ClF4N2O2. The number of halogens is 5. The molecule has 1 aromatic carbocycles. The lowest BCUT2D eigenvalue weighted by Gasteiger charge is -2.11. The molecule has 0 radical (unpaired) electrons.